The first-order valence-corrected chi connectivity index (χ1v) is 39.8. The SMILES string of the molecule is C/C(=C(\F)C(=O)Nc1ccc(-c2ccccc2CN)cc1F)c1cc(C(=N)N)ccc1O.C/C(=C(\F)C(=O)Nc1ccc(-c2ccccc2CN)cc1F)c1ccc2ccnc(C)c2c1.C/C(=N/O)c1cccc(/C(C)=C(/F)C(=O)Nc2ccc(-c3ccccc3CN)cc2F)c1.CC(=N)c1cccc(/C(C)=C(/F)C(=O)Nc2ccc(-c3ccccc3CN)cc2F)c1. The minimum absolute atomic E-state index is 0.000406. The van der Waals surface area contributed by atoms with Crippen molar-refractivity contribution in [2.45, 2.75) is 74.6 Å². The molecule has 0 aliphatic rings. The Hall–Kier alpha value is -15.4. The lowest BCUT2D eigenvalue weighted by Crippen LogP contribution is -2.15. The second-order valence-electron chi connectivity index (χ2n) is 29.2. The highest BCUT2D eigenvalue weighted by Crippen LogP contribution is 2.36. The van der Waals surface area contributed by atoms with Crippen LogP contribution in [0, 0.1) is 41.0 Å². The number of aryl methyl sites for hydroxylation is 1. The fourth-order valence-electron chi connectivity index (χ4n) is 13.5. The minimum Gasteiger partial charge on any atom is -0.507 e. The average Bonchev–Trinajstić information content (AvgIpc) is 0.808. The molecule has 0 atom stereocenters. The highest BCUT2D eigenvalue weighted by molar-refractivity contribution is 6.11. The Morgan fingerprint density at radius 2 is 0.695 bits per heavy atom. The molecule has 0 unspecified atom stereocenters. The van der Waals surface area contributed by atoms with E-state index < -0.39 is 70.2 Å². The fraction of sp³-hybridized carbons (Fsp3) is 0.109. The first-order chi connectivity index (χ1) is 61.3. The Labute approximate surface area is 733 Å². The number of fused-ring (bicyclic) bond motifs is 1. The highest BCUT2D eigenvalue weighted by atomic mass is 19.2. The normalized spacial score (nSPS) is 11.9. The number of nitrogen functional groups attached to an aromatic ring is 1. The molecule has 27 heteroatoms. The Bertz CT molecular complexity index is 6600. The molecule has 18 N–H and O–H groups in total. The number of nitrogens with zero attached hydrogens (tertiary/aromatic N) is 2. The van der Waals surface area contributed by atoms with Gasteiger partial charge in [0.1, 0.15) is 34.9 Å². The zero-order valence-corrected chi connectivity index (χ0v) is 70.6. The number of anilines is 4. The fourth-order valence-corrected chi connectivity index (χ4v) is 13.5. The van der Waals surface area contributed by atoms with E-state index in [1.54, 1.807) is 105 Å². The molecule has 0 aliphatic carbocycles. The van der Waals surface area contributed by atoms with Crippen LogP contribution in [-0.2, 0) is 45.4 Å². The van der Waals surface area contributed by atoms with Gasteiger partial charge in [-0.2, -0.15) is 0 Å². The number of phenols is 1. The van der Waals surface area contributed by atoms with Crippen LogP contribution in [0.25, 0.3) is 77.6 Å². The molecular weight excluding hydrogens is 1640 g/mol. The molecule has 0 spiro atoms. The van der Waals surface area contributed by atoms with Crippen LogP contribution in [0.15, 0.2) is 296 Å². The van der Waals surface area contributed by atoms with Gasteiger partial charge in [-0.05, 0) is 256 Å². The number of halogens is 8. The summed E-state index contributed by atoms with van der Waals surface area (Å²) in [5, 5.41) is 48.2. The predicted octanol–water partition coefficient (Wildman–Crippen LogP) is 21.6. The van der Waals surface area contributed by atoms with E-state index >= 15 is 0 Å². The Balaban J connectivity index is 0.000000178. The number of carbonyl (C=O) groups is 4. The summed E-state index contributed by atoms with van der Waals surface area (Å²) < 4.78 is 118. The van der Waals surface area contributed by atoms with Gasteiger partial charge in [0.2, 0.25) is 0 Å². The van der Waals surface area contributed by atoms with Gasteiger partial charge in [-0.15, -0.1) is 0 Å². The lowest BCUT2D eigenvalue weighted by atomic mass is 9.99. The van der Waals surface area contributed by atoms with Gasteiger partial charge in [0.05, 0.1) is 28.5 Å². The molecule has 0 aliphatic heterocycles. The van der Waals surface area contributed by atoms with Crippen LogP contribution in [-0.4, -0.2) is 56.2 Å². The van der Waals surface area contributed by atoms with E-state index in [2.05, 4.69) is 31.4 Å². The van der Waals surface area contributed by atoms with Crippen LogP contribution < -0.4 is 49.9 Å². The average molecular weight is 1730 g/mol. The van der Waals surface area contributed by atoms with Crippen molar-refractivity contribution >= 4 is 96.7 Å². The van der Waals surface area contributed by atoms with Gasteiger partial charge in [-0.1, -0.05) is 175 Å². The van der Waals surface area contributed by atoms with E-state index in [1.807, 2.05) is 116 Å². The number of carbonyl (C=O) groups excluding carboxylic acids is 4. The maximum absolute atomic E-state index is 15.0. The lowest BCUT2D eigenvalue weighted by Gasteiger charge is -2.12. The van der Waals surface area contributed by atoms with Crippen molar-refractivity contribution in [1.82, 2.24) is 4.98 Å². The van der Waals surface area contributed by atoms with Crippen molar-refractivity contribution in [3.8, 4) is 50.3 Å². The molecule has 652 valence electrons. The maximum Gasteiger partial charge on any atom is 0.284 e. The van der Waals surface area contributed by atoms with Crippen molar-refractivity contribution < 1.29 is 64.6 Å². The van der Waals surface area contributed by atoms with Crippen molar-refractivity contribution in [3.05, 3.63) is 381 Å². The molecule has 4 amide bonds. The van der Waals surface area contributed by atoms with Gasteiger partial charge in [0, 0.05) is 65.9 Å². The number of nitrogens with two attached hydrogens (primary N) is 5. The van der Waals surface area contributed by atoms with Gasteiger partial charge < -0.3 is 65.7 Å². The zero-order chi connectivity index (χ0) is 92.7. The number of oxime groups is 1. The second-order valence-corrected chi connectivity index (χ2v) is 29.2. The number of rotatable bonds is 23. The summed E-state index contributed by atoms with van der Waals surface area (Å²) in [6, 6.07) is 71.2. The number of amides is 4. The maximum atomic E-state index is 15.0. The summed E-state index contributed by atoms with van der Waals surface area (Å²) in [6.45, 7) is 12.0. The summed E-state index contributed by atoms with van der Waals surface area (Å²) in [5.41, 5.74) is 41.4. The largest absolute Gasteiger partial charge is 0.507 e. The number of phenolic OH excluding ortho intramolecular Hbond substituents is 1. The number of allylic oxidation sites excluding steroid dienone is 4. The standard InChI is InChI=1S/C27H23F2N3O.C25H23F2N3O2.C25H23F2N3O.C24H22F2N4O2/c1-16(19-8-7-18-11-12-31-17(2)23(18)13-19)26(29)27(33)32-25-10-9-20(14-24(25)28)22-6-4-3-5-21(22)15-30;1-15(17-7-5-8-18(12-17)16(2)30-32)24(27)25(31)29-23-11-10-19(13-22(23)26)21-9-4-3-6-20(21)14-28;1-15(17-7-5-8-18(12-17)16(2)29)24(27)25(31)30-23-11-10-19(13-22(23)26)21-9-4-3-6-20(21)14-28;1-13(18-10-15(23(28)29)7-9-21(18)31)22(26)24(32)30-20-8-6-14(11-19(20)25)17-5-3-2-4-16(17)12-27/h3-14H,15,30H2,1-2H3,(H,32,33);3-13,32H,14,28H2,1-2H3,(H,29,31);3-13,29H,14,28H2,1-2H3,(H,30,31);2-11,31H,12,27H2,1H3,(H3,28,29)(H,30,32)/b26-16+;24-15+,30-16-;24-15+,29-16?;22-13+. The van der Waals surface area contributed by atoms with Crippen LogP contribution in [0.4, 0.5) is 57.9 Å². The summed E-state index contributed by atoms with van der Waals surface area (Å²) in [5.74, 6) is -11.9. The molecule has 19 nitrogen and oxygen atoms in total. The molecule has 128 heavy (non-hydrogen) atoms. The van der Waals surface area contributed by atoms with Crippen LogP contribution in [0.5, 0.6) is 5.75 Å². The van der Waals surface area contributed by atoms with Crippen molar-refractivity contribution in [2.75, 3.05) is 21.3 Å². The van der Waals surface area contributed by atoms with E-state index in [4.69, 9.17) is 44.7 Å². The zero-order valence-electron chi connectivity index (χ0n) is 70.6. The molecule has 1 heterocycles. The third-order valence-corrected chi connectivity index (χ3v) is 20.9. The van der Waals surface area contributed by atoms with Gasteiger partial charge in [0.25, 0.3) is 23.6 Å². The summed E-state index contributed by atoms with van der Waals surface area (Å²) in [4.78, 5) is 54.0. The first-order valence-electron chi connectivity index (χ1n) is 39.8. The number of hydrogen-bond donors (Lipinski definition) is 13. The molecule has 13 rings (SSSR count). The molecule has 0 radical (unpaired) electrons. The van der Waals surface area contributed by atoms with Crippen LogP contribution >= 0.6 is 0 Å². The van der Waals surface area contributed by atoms with Gasteiger partial charge in [-0.25, -0.2) is 35.1 Å². The monoisotopic (exact) mass is 1730 g/mol. The van der Waals surface area contributed by atoms with Crippen LogP contribution in [0.3, 0.4) is 0 Å². The molecule has 0 saturated carbocycles. The van der Waals surface area contributed by atoms with Crippen LogP contribution in [0.1, 0.15) is 108 Å². The van der Waals surface area contributed by atoms with Gasteiger partial charge in [-0.3, -0.25) is 29.6 Å². The van der Waals surface area contributed by atoms with E-state index in [9.17, 15) is 59.4 Å². The molecule has 1 aromatic heterocycles. The molecule has 12 aromatic carbocycles. The quantitative estimate of drug-likeness (QED) is 0.00710. The minimum atomic E-state index is -1.21. The Kier molecular flexibility index (Phi) is 32.4. The Morgan fingerprint density at radius 3 is 1.03 bits per heavy atom. The summed E-state index contributed by atoms with van der Waals surface area (Å²) >= 11 is 0. The number of nitrogens with one attached hydrogen (secondary N) is 6. The number of pyridine rings is 1. The highest BCUT2D eigenvalue weighted by Gasteiger charge is 2.24. The third-order valence-electron chi connectivity index (χ3n) is 20.9. The molecule has 0 bridgehead atoms. The van der Waals surface area contributed by atoms with E-state index in [-0.39, 0.29) is 74.3 Å². The van der Waals surface area contributed by atoms with E-state index in [1.165, 1.54) is 94.4 Å². The predicted molar refractivity (Wildman–Crippen MR) is 493 cm³/mol. The van der Waals surface area contributed by atoms with Crippen LogP contribution in [0.2, 0.25) is 0 Å². The van der Waals surface area contributed by atoms with Crippen molar-refractivity contribution in [3.63, 3.8) is 0 Å². The molecule has 13 aromatic rings. The number of benzene rings is 12. The molecule has 0 fully saturated rings. The van der Waals surface area contributed by atoms with E-state index in [0.717, 1.165) is 61.0 Å². The number of aromatic nitrogens is 1. The third kappa shape index (κ3) is 23.3. The molecule has 0 saturated heterocycles. The number of hydrogen-bond acceptors (Lipinski definition) is 14. The number of aromatic hydroxyl groups is 1. The Morgan fingerprint density at radius 1 is 0.375 bits per heavy atom. The topological polar surface area (TPSA) is 360 Å². The summed E-state index contributed by atoms with van der Waals surface area (Å²) in [6.07, 6.45) is 1.71. The van der Waals surface area contributed by atoms with Crippen molar-refractivity contribution in [2.24, 2.45) is 33.8 Å². The smallest absolute Gasteiger partial charge is 0.284 e. The van der Waals surface area contributed by atoms with Crippen molar-refractivity contribution in [1.29, 1.82) is 10.8 Å². The number of amidine groups is 1. The second kappa shape index (κ2) is 43.8. The summed E-state index contributed by atoms with van der Waals surface area (Å²) in [7, 11) is 0. The first kappa shape index (κ1) is 94.8. The van der Waals surface area contributed by atoms with Gasteiger partial charge >= 0.3 is 0 Å². The van der Waals surface area contributed by atoms with Gasteiger partial charge in [0.15, 0.2) is 23.3 Å². The lowest BCUT2D eigenvalue weighted by molar-refractivity contribution is -0.114. The van der Waals surface area contributed by atoms with E-state index in [0.29, 0.717) is 81.1 Å². The molecular formula is C101H91F8N13O6.